The van der Waals surface area contributed by atoms with Gasteiger partial charge in [-0.3, -0.25) is 5.57 Å². The standard InChI is InChI=1S/C20H35.K.Y/c1-7-12-17(3)18(4)13-11-16-19(5,8-2)20(6)14-9-10-15-20;;/h3,13,18H,1,7-12,14-16H2,2,4-6H3;;/q-3;+1;. The minimum absolute atomic E-state index is 0. The fourth-order valence-electron chi connectivity index (χ4n) is 3.90. The summed E-state index contributed by atoms with van der Waals surface area (Å²) in [7, 11) is 0. The number of rotatable bonds is 9. The van der Waals surface area contributed by atoms with E-state index in [1.165, 1.54) is 44.9 Å². The second-order valence-corrected chi connectivity index (χ2v) is 7.42. The summed E-state index contributed by atoms with van der Waals surface area (Å²) in [4.78, 5) is 0. The normalized spacial score (nSPS) is 20.4. The third kappa shape index (κ3) is 7.38. The molecule has 0 heterocycles. The molecule has 0 saturated heterocycles. The minimum Gasteiger partial charge on any atom is -0.517 e. The minimum atomic E-state index is 0. The van der Waals surface area contributed by atoms with Gasteiger partial charge in [0, 0.05) is 32.7 Å². The summed E-state index contributed by atoms with van der Waals surface area (Å²) in [6.07, 6.45) is 13.8. The molecule has 0 aliphatic heterocycles. The summed E-state index contributed by atoms with van der Waals surface area (Å²) < 4.78 is 0. The van der Waals surface area contributed by atoms with Crippen LogP contribution in [0.15, 0.2) is 5.57 Å². The van der Waals surface area contributed by atoms with Crippen molar-refractivity contribution < 1.29 is 84.1 Å². The zero-order valence-corrected chi connectivity index (χ0v) is 21.8. The Morgan fingerprint density at radius 3 is 2.36 bits per heavy atom. The molecule has 2 atom stereocenters. The van der Waals surface area contributed by atoms with Crippen molar-refractivity contribution in [3.05, 3.63) is 25.5 Å². The molecule has 0 aromatic heterocycles. The second-order valence-electron chi connectivity index (χ2n) is 7.42. The summed E-state index contributed by atoms with van der Waals surface area (Å²) in [5.41, 5.74) is 2.15. The van der Waals surface area contributed by atoms with E-state index in [9.17, 15) is 0 Å². The van der Waals surface area contributed by atoms with Gasteiger partial charge in [-0.05, 0) is 23.7 Å². The van der Waals surface area contributed by atoms with Crippen LogP contribution in [0.4, 0.5) is 0 Å². The van der Waals surface area contributed by atoms with Crippen LogP contribution in [0.3, 0.4) is 0 Å². The van der Waals surface area contributed by atoms with Gasteiger partial charge in [0.05, 0.1) is 0 Å². The summed E-state index contributed by atoms with van der Waals surface area (Å²) in [6, 6.07) is 0. The van der Waals surface area contributed by atoms with Gasteiger partial charge in [0.25, 0.3) is 0 Å². The Kier molecular flexibility index (Phi) is 15.5. The zero-order chi connectivity index (χ0) is 15.2. The third-order valence-corrected chi connectivity index (χ3v) is 6.21. The van der Waals surface area contributed by atoms with Crippen LogP contribution >= 0.6 is 0 Å². The van der Waals surface area contributed by atoms with Crippen LogP contribution in [0.25, 0.3) is 0 Å². The summed E-state index contributed by atoms with van der Waals surface area (Å²) in [5.74, 6) is 0.439. The van der Waals surface area contributed by atoms with Crippen molar-refractivity contribution in [2.75, 3.05) is 0 Å². The first kappa shape index (κ1) is 26.7. The molecule has 0 spiro atoms. The molecular formula is C20H35KY-2. The van der Waals surface area contributed by atoms with Gasteiger partial charge in [-0.1, -0.05) is 59.8 Å². The predicted octanol–water partition coefficient (Wildman–Crippen LogP) is 3.58. The molecule has 0 N–H and O–H groups in total. The molecule has 1 radical (unpaired) electrons. The molecule has 2 heteroatoms. The van der Waals surface area contributed by atoms with E-state index in [2.05, 4.69) is 41.0 Å². The van der Waals surface area contributed by atoms with Crippen molar-refractivity contribution >= 4 is 0 Å². The number of hydrogen-bond donors (Lipinski definition) is 0. The summed E-state index contributed by atoms with van der Waals surface area (Å²) in [6.45, 7) is 19.6. The number of hydrogen-bond acceptors (Lipinski definition) is 0. The molecule has 1 aliphatic rings. The molecule has 0 aromatic carbocycles. The Hall–Kier alpha value is 2.48. The van der Waals surface area contributed by atoms with Crippen LogP contribution < -0.4 is 51.4 Å². The van der Waals surface area contributed by atoms with E-state index >= 15 is 0 Å². The van der Waals surface area contributed by atoms with Gasteiger partial charge >= 0.3 is 51.4 Å². The van der Waals surface area contributed by atoms with Gasteiger partial charge in [-0.25, -0.2) is 0 Å². The predicted molar refractivity (Wildman–Crippen MR) is 90.1 cm³/mol. The first-order valence-electron chi connectivity index (χ1n) is 8.62. The quantitative estimate of drug-likeness (QED) is 0.408. The molecule has 0 nitrogen and oxygen atoms in total. The van der Waals surface area contributed by atoms with E-state index in [4.69, 9.17) is 6.58 Å². The molecule has 0 aromatic rings. The molecule has 1 aliphatic carbocycles. The van der Waals surface area contributed by atoms with Crippen LogP contribution in [-0.2, 0) is 32.7 Å². The molecule has 0 bridgehead atoms. The third-order valence-electron chi connectivity index (χ3n) is 6.21. The maximum Gasteiger partial charge on any atom is 1.00 e. The Morgan fingerprint density at radius 2 is 1.91 bits per heavy atom. The van der Waals surface area contributed by atoms with Crippen molar-refractivity contribution in [3.8, 4) is 0 Å². The van der Waals surface area contributed by atoms with Crippen LogP contribution in [0, 0.1) is 36.7 Å². The maximum absolute atomic E-state index is 6.10. The number of allylic oxidation sites excluding steroid dienone is 1. The Morgan fingerprint density at radius 1 is 1.36 bits per heavy atom. The fraction of sp³-hybridized carbons (Fsp3) is 0.800. The van der Waals surface area contributed by atoms with Crippen LogP contribution in [0.5, 0.6) is 0 Å². The Bertz CT molecular complexity index is 307. The van der Waals surface area contributed by atoms with E-state index < -0.39 is 0 Å². The van der Waals surface area contributed by atoms with Crippen molar-refractivity contribution in [1.29, 1.82) is 0 Å². The average molecular weight is 404 g/mol. The largest absolute Gasteiger partial charge is 1.00 e. The topological polar surface area (TPSA) is 0 Å². The molecule has 121 valence electrons. The Balaban J connectivity index is 0. The first-order chi connectivity index (χ1) is 9.38. The maximum atomic E-state index is 6.10. The zero-order valence-electron chi connectivity index (χ0n) is 15.9. The second kappa shape index (κ2) is 12.8. The van der Waals surface area contributed by atoms with Gasteiger partial charge in [-0.15, -0.1) is 0 Å². The van der Waals surface area contributed by atoms with Gasteiger partial charge in [0.1, 0.15) is 0 Å². The molecule has 0 amide bonds. The molecule has 1 saturated carbocycles. The van der Waals surface area contributed by atoms with E-state index in [0.29, 0.717) is 16.7 Å². The molecule has 2 unspecified atom stereocenters. The van der Waals surface area contributed by atoms with Gasteiger partial charge in [-0.2, -0.15) is 18.8 Å². The van der Waals surface area contributed by atoms with Crippen molar-refractivity contribution in [3.63, 3.8) is 0 Å². The summed E-state index contributed by atoms with van der Waals surface area (Å²) >= 11 is 0. The fourth-order valence-corrected chi connectivity index (χ4v) is 3.90. The van der Waals surface area contributed by atoms with Gasteiger partial charge in [0.15, 0.2) is 0 Å². The van der Waals surface area contributed by atoms with Crippen LogP contribution in [-0.4, -0.2) is 0 Å². The SMILES string of the molecule is [CH-]=C(CC[CH2-])C(C)[CH-]CCC(C)(CC)C1(C)CCCC1.[K+].[Y]. The van der Waals surface area contributed by atoms with E-state index in [1.807, 2.05) is 0 Å². The van der Waals surface area contributed by atoms with Gasteiger partial charge in [0.2, 0.25) is 0 Å². The van der Waals surface area contributed by atoms with E-state index in [0.717, 1.165) is 18.4 Å². The van der Waals surface area contributed by atoms with Gasteiger partial charge < -0.3 is 19.9 Å². The molecule has 1 fully saturated rings. The summed E-state index contributed by atoms with van der Waals surface area (Å²) in [5, 5.41) is 0. The van der Waals surface area contributed by atoms with Crippen molar-refractivity contribution in [2.45, 2.75) is 85.5 Å². The van der Waals surface area contributed by atoms with E-state index in [-0.39, 0.29) is 84.1 Å². The Labute approximate surface area is 208 Å². The van der Waals surface area contributed by atoms with Crippen molar-refractivity contribution in [1.82, 2.24) is 0 Å². The molecule has 22 heavy (non-hydrogen) atoms. The molecular weight excluding hydrogens is 368 g/mol. The van der Waals surface area contributed by atoms with Crippen LogP contribution in [0.1, 0.15) is 85.5 Å². The first-order valence-corrected chi connectivity index (χ1v) is 8.62. The molecule has 1 rings (SSSR count). The monoisotopic (exact) mass is 403 g/mol. The van der Waals surface area contributed by atoms with E-state index in [1.54, 1.807) is 0 Å². The average Bonchev–Trinajstić information content (AvgIpc) is 2.87. The van der Waals surface area contributed by atoms with Crippen molar-refractivity contribution in [2.24, 2.45) is 16.7 Å². The van der Waals surface area contributed by atoms with Crippen LogP contribution in [0.2, 0.25) is 0 Å². The smallest absolute Gasteiger partial charge is 0.517 e.